The number of ether oxygens (including phenoxy) is 2. The maximum Gasteiger partial charge on any atom is 0.0955 e. The highest BCUT2D eigenvalue weighted by atomic mass is 16.5. The molecule has 3 heteroatoms. The lowest BCUT2D eigenvalue weighted by Crippen LogP contribution is -2.09. The third-order valence-electron chi connectivity index (χ3n) is 2.20. The minimum absolute atomic E-state index is 0.147. The highest BCUT2D eigenvalue weighted by Crippen LogP contribution is 2.20. The first-order valence-electron chi connectivity index (χ1n) is 5.49. The van der Waals surface area contributed by atoms with E-state index in [4.69, 9.17) is 14.7 Å². The number of benzene rings is 1. The Kier molecular flexibility index (Phi) is 6.24. The monoisotopic (exact) mass is 219 g/mol. The molecule has 0 aliphatic carbocycles. The summed E-state index contributed by atoms with van der Waals surface area (Å²) in [6.07, 6.45) is 0.225. The molecule has 0 N–H and O–H groups in total. The lowest BCUT2D eigenvalue weighted by molar-refractivity contribution is 0.00850. The van der Waals surface area contributed by atoms with Gasteiger partial charge in [-0.05, 0) is 12.5 Å². The number of nitrogens with zero attached hydrogens (tertiary/aromatic N) is 1. The molecule has 16 heavy (non-hydrogen) atoms. The van der Waals surface area contributed by atoms with Crippen LogP contribution in [0, 0.1) is 11.3 Å². The Morgan fingerprint density at radius 1 is 1.25 bits per heavy atom. The standard InChI is InChI=1S/C13H17NO2/c1-2-15-10-11-16-13(8-9-14)12-6-4-3-5-7-12/h3-7,13H,2,8,10-11H2,1H3. The van der Waals surface area contributed by atoms with Gasteiger partial charge in [-0.2, -0.15) is 5.26 Å². The smallest absolute Gasteiger partial charge is 0.0955 e. The van der Waals surface area contributed by atoms with Gasteiger partial charge in [0.2, 0.25) is 0 Å². The zero-order chi connectivity index (χ0) is 11.6. The molecule has 3 nitrogen and oxygen atoms in total. The summed E-state index contributed by atoms with van der Waals surface area (Å²) in [5.74, 6) is 0. The van der Waals surface area contributed by atoms with Crippen molar-refractivity contribution in [3.8, 4) is 6.07 Å². The molecule has 1 aromatic rings. The van der Waals surface area contributed by atoms with Gasteiger partial charge in [0.15, 0.2) is 0 Å². The predicted octanol–water partition coefficient (Wildman–Crippen LogP) is 2.69. The van der Waals surface area contributed by atoms with Crippen molar-refractivity contribution in [1.29, 1.82) is 5.26 Å². The molecule has 0 bridgehead atoms. The molecule has 0 amide bonds. The van der Waals surface area contributed by atoms with E-state index in [1.807, 2.05) is 37.3 Å². The second kappa shape index (κ2) is 7.86. The van der Waals surface area contributed by atoms with Gasteiger partial charge < -0.3 is 9.47 Å². The third kappa shape index (κ3) is 4.43. The van der Waals surface area contributed by atoms with Gasteiger partial charge >= 0.3 is 0 Å². The van der Waals surface area contributed by atoms with Crippen molar-refractivity contribution in [2.24, 2.45) is 0 Å². The quantitative estimate of drug-likeness (QED) is 0.662. The third-order valence-corrected chi connectivity index (χ3v) is 2.20. The van der Waals surface area contributed by atoms with Crippen molar-refractivity contribution in [2.45, 2.75) is 19.4 Å². The fourth-order valence-corrected chi connectivity index (χ4v) is 1.42. The Bertz CT molecular complexity index is 318. The summed E-state index contributed by atoms with van der Waals surface area (Å²) in [5.41, 5.74) is 1.04. The summed E-state index contributed by atoms with van der Waals surface area (Å²) in [6.45, 7) is 3.74. The van der Waals surface area contributed by atoms with Crippen LogP contribution in [0.4, 0.5) is 0 Å². The minimum atomic E-state index is -0.147. The molecule has 1 atom stereocenters. The van der Waals surface area contributed by atoms with Crippen LogP contribution >= 0.6 is 0 Å². The van der Waals surface area contributed by atoms with E-state index in [-0.39, 0.29) is 6.10 Å². The molecule has 0 saturated heterocycles. The molecule has 1 aromatic carbocycles. The Labute approximate surface area is 96.6 Å². The second-order valence-electron chi connectivity index (χ2n) is 3.33. The van der Waals surface area contributed by atoms with Crippen molar-refractivity contribution in [2.75, 3.05) is 19.8 Å². The molecule has 1 rings (SSSR count). The molecular formula is C13H17NO2. The van der Waals surface area contributed by atoms with Crippen LogP contribution in [-0.4, -0.2) is 19.8 Å². The van der Waals surface area contributed by atoms with Gasteiger partial charge in [-0.3, -0.25) is 0 Å². The lowest BCUT2D eigenvalue weighted by atomic mass is 10.1. The van der Waals surface area contributed by atoms with Gasteiger partial charge in [0.25, 0.3) is 0 Å². The van der Waals surface area contributed by atoms with Crippen molar-refractivity contribution in [1.82, 2.24) is 0 Å². The van der Waals surface area contributed by atoms with Gasteiger partial charge in [0.05, 0.1) is 31.8 Å². The second-order valence-corrected chi connectivity index (χ2v) is 3.33. The Morgan fingerprint density at radius 3 is 2.62 bits per heavy atom. The van der Waals surface area contributed by atoms with Crippen LogP contribution in [0.25, 0.3) is 0 Å². The van der Waals surface area contributed by atoms with E-state index in [9.17, 15) is 0 Å². The highest BCUT2D eigenvalue weighted by Gasteiger charge is 2.10. The predicted molar refractivity (Wildman–Crippen MR) is 61.9 cm³/mol. The topological polar surface area (TPSA) is 42.2 Å². The van der Waals surface area contributed by atoms with Gasteiger partial charge in [-0.1, -0.05) is 30.3 Å². The SMILES string of the molecule is CCOCCOC(CC#N)c1ccccc1. The lowest BCUT2D eigenvalue weighted by Gasteiger charge is -2.15. The first-order chi connectivity index (χ1) is 7.88. The summed E-state index contributed by atoms with van der Waals surface area (Å²) in [6, 6.07) is 11.9. The molecular weight excluding hydrogens is 202 g/mol. The van der Waals surface area contributed by atoms with Crippen molar-refractivity contribution in [3.05, 3.63) is 35.9 Å². The van der Waals surface area contributed by atoms with Crippen LogP contribution < -0.4 is 0 Å². The zero-order valence-corrected chi connectivity index (χ0v) is 9.56. The van der Waals surface area contributed by atoms with E-state index in [0.717, 1.165) is 5.56 Å². The van der Waals surface area contributed by atoms with Crippen LogP contribution in [0.15, 0.2) is 30.3 Å². The van der Waals surface area contributed by atoms with Gasteiger partial charge in [-0.25, -0.2) is 0 Å². The van der Waals surface area contributed by atoms with Crippen LogP contribution in [0.2, 0.25) is 0 Å². The Hall–Kier alpha value is -1.37. The number of rotatable bonds is 7. The van der Waals surface area contributed by atoms with Gasteiger partial charge in [0.1, 0.15) is 0 Å². The largest absolute Gasteiger partial charge is 0.379 e. The fraction of sp³-hybridized carbons (Fsp3) is 0.462. The van der Waals surface area contributed by atoms with E-state index in [0.29, 0.717) is 26.2 Å². The molecule has 0 aliphatic heterocycles. The van der Waals surface area contributed by atoms with Crippen molar-refractivity contribution in [3.63, 3.8) is 0 Å². The van der Waals surface area contributed by atoms with E-state index in [2.05, 4.69) is 6.07 Å². The van der Waals surface area contributed by atoms with E-state index in [1.165, 1.54) is 0 Å². The van der Waals surface area contributed by atoms with Gasteiger partial charge in [-0.15, -0.1) is 0 Å². The average molecular weight is 219 g/mol. The zero-order valence-electron chi connectivity index (χ0n) is 9.56. The molecule has 1 unspecified atom stereocenters. The fourth-order valence-electron chi connectivity index (χ4n) is 1.42. The van der Waals surface area contributed by atoms with E-state index in [1.54, 1.807) is 0 Å². The molecule has 0 aromatic heterocycles. The van der Waals surface area contributed by atoms with Gasteiger partial charge in [0, 0.05) is 6.61 Å². The maximum absolute atomic E-state index is 8.74. The van der Waals surface area contributed by atoms with E-state index >= 15 is 0 Å². The maximum atomic E-state index is 8.74. The van der Waals surface area contributed by atoms with Crippen LogP contribution in [-0.2, 0) is 9.47 Å². The van der Waals surface area contributed by atoms with Crippen LogP contribution in [0.5, 0.6) is 0 Å². The molecule has 0 spiro atoms. The molecule has 0 heterocycles. The number of nitriles is 1. The average Bonchev–Trinajstić information content (AvgIpc) is 2.34. The number of hydrogen-bond donors (Lipinski definition) is 0. The Morgan fingerprint density at radius 2 is 2.00 bits per heavy atom. The molecule has 0 radical (unpaired) electrons. The Balaban J connectivity index is 2.45. The highest BCUT2D eigenvalue weighted by molar-refractivity contribution is 5.18. The summed E-state index contributed by atoms with van der Waals surface area (Å²) in [4.78, 5) is 0. The van der Waals surface area contributed by atoms with Crippen molar-refractivity contribution >= 4 is 0 Å². The first-order valence-corrected chi connectivity index (χ1v) is 5.49. The molecule has 86 valence electrons. The minimum Gasteiger partial charge on any atom is -0.379 e. The summed E-state index contributed by atoms with van der Waals surface area (Å²) in [7, 11) is 0. The molecule has 0 aliphatic rings. The summed E-state index contributed by atoms with van der Waals surface area (Å²) in [5, 5.41) is 8.74. The first kappa shape index (κ1) is 12.7. The van der Waals surface area contributed by atoms with Crippen LogP contribution in [0.3, 0.4) is 0 Å². The summed E-state index contributed by atoms with van der Waals surface area (Å²) >= 11 is 0. The van der Waals surface area contributed by atoms with Crippen LogP contribution in [0.1, 0.15) is 25.0 Å². The molecule has 0 fully saturated rings. The van der Waals surface area contributed by atoms with Crippen molar-refractivity contribution < 1.29 is 9.47 Å². The summed E-state index contributed by atoms with van der Waals surface area (Å²) < 4.78 is 10.8. The van der Waals surface area contributed by atoms with E-state index < -0.39 is 0 Å². The molecule has 0 saturated carbocycles. The number of hydrogen-bond acceptors (Lipinski definition) is 3. The normalized spacial score (nSPS) is 12.0.